The summed E-state index contributed by atoms with van der Waals surface area (Å²) in [5, 5.41) is 4.48. The van der Waals surface area contributed by atoms with Gasteiger partial charge < -0.3 is 9.80 Å². The van der Waals surface area contributed by atoms with Crippen molar-refractivity contribution in [1.82, 2.24) is 19.6 Å². The summed E-state index contributed by atoms with van der Waals surface area (Å²) >= 11 is 0. The summed E-state index contributed by atoms with van der Waals surface area (Å²) in [5.41, 5.74) is 1.15. The molecule has 0 radical (unpaired) electrons. The SMILES string of the molecule is CCN(CC)CC1CN(C(=O)CCC(C)C)Cc2ccnn21. The van der Waals surface area contributed by atoms with Crippen LogP contribution >= 0.6 is 0 Å². The van der Waals surface area contributed by atoms with Crippen LogP contribution < -0.4 is 0 Å². The highest BCUT2D eigenvalue weighted by molar-refractivity contribution is 5.76. The lowest BCUT2D eigenvalue weighted by atomic mass is 10.1. The van der Waals surface area contributed by atoms with Crippen molar-refractivity contribution in [3.8, 4) is 0 Å². The summed E-state index contributed by atoms with van der Waals surface area (Å²) < 4.78 is 2.12. The van der Waals surface area contributed by atoms with E-state index >= 15 is 0 Å². The summed E-state index contributed by atoms with van der Waals surface area (Å²) in [4.78, 5) is 16.9. The molecule has 0 aliphatic carbocycles. The van der Waals surface area contributed by atoms with Crippen LogP contribution in [0.4, 0.5) is 0 Å². The Morgan fingerprint density at radius 1 is 1.41 bits per heavy atom. The van der Waals surface area contributed by atoms with Crippen molar-refractivity contribution in [1.29, 1.82) is 0 Å². The van der Waals surface area contributed by atoms with E-state index in [0.29, 0.717) is 18.9 Å². The monoisotopic (exact) mass is 306 g/mol. The number of aromatic nitrogens is 2. The number of hydrogen-bond donors (Lipinski definition) is 0. The van der Waals surface area contributed by atoms with E-state index in [4.69, 9.17) is 0 Å². The number of amides is 1. The molecule has 0 spiro atoms. The van der Waals surface area contributed by atoms with Gasteiger partial charge in [0.05, 0.1) is 18.3 Å². The van der Waals surface area contributed by atoms with Crippen LogP contribution in [0.3, 0.4) is 0 Å². The Labute approximate surface area is 134 Å². The first-order valence-electron chi connectivity index (χ1n) is 8.57. The second-order valence-electron chi connectivity index (χ2n) is 6.61. The minimum absolute atomic E-state index is 0.265. The van der Waals surface area contributed by atoms with Crippen molar-refractivity contribution in [2.45, 2.75) is 53.1 Å². The molecule has 0 aromatic carbocycles. The molecule has 5 heteroatoms. The first-order chi connectivity index (χ1) is 10.5. The zero-order chi connectivity index (χ0) is 16.1. The lowest BCUT2D eigenvalue weighted by Crippen LogP contribution is -2.45. The molecule has 0 saturated heterocycles. The van der Waals surface area contributed by atoms with Crippen LogP contribution in [0.25, 0.3) is 0 Å². The van der Waals surface area contributed by atoms with Gasteiger partial charge in [0.2, 0.25) is 5.91 Å². The van der Waals surface area contributed by atoms with E-state index in [9.17, 15) is 4.79 Å². The topological polar surface area (TPSA) is 41.4 Å². The van der Waals surface area contributed by atoms with Gasteiger partial charge in [-0.25, -0.2) is 0 Å². The minimum atomic E-state index is 0.265. The van der Waals surface area contributed by atoms with Crippen molar-refractivity contribution in [2.24, 2.45) is 5.92 Å². The molecule has 1 aliphatic rings. The van der Waals surface area contributed by atoms with E-state index in [2.05, 4.69) is 42.4 Å². The molecule has 1 atom stereocenters. The first-order valence-corrected chi connectivity index (χ1v) is 8.57. The van der Waals surface area contributed by atoms with Gasteiger partial charge in [0.15, 0.2) is 0 Å². The molecule has 1 aliphatic heterocycles. The maximum Gasteiger partial charge on any atom is 0.223 e. The normalized spacial score (nSPS) is 18.1. The smallest absolute Gasteiger partial charge is 0.223 e. The van der Waals surface area contributed by atoms with Crippen LogP contribution in [-0.2, 0) is 11.3 Å². The fourth-order valence-electron chi connectivity index (χ4n) is 3.06. The van der Waals surface area contributed by atoms with E-state index in [1.54, 1.807) is 0 Å². The highest BCUT2D eigenvalue weighted by Crippen LogP contribution is 2.22. The van der Waals surface area contributed by atoms with Gasteiger partial charge in [-0.05, 0) is 31.5 Å². The van der Waals surface area contributed by atoms with Gasteiger partial charge in [-0.1, -0.05) is 27.7 Å². The minimum Gasteiger partial charge on any atom is -0.335 e. The number of hydrogen-bond acceptors (Lipinski definition) is 3. The van der Waals surface area contributed by atoms with Gasteiger partial charge in [0.1, 0.15) is 0 Å². The molecule has 0 fully saturated rings. The van der Waals surface area contributed by atoms with Gasteiger partial charge in [0.25, 0.3) is 0 Å². The average molecular weight is 306 g/mol. The second-order valence-corrected chi connectivity index (χ2v) is 6.61. The standard InChI is InChI=1S/C17H30N4O/c1-5-19(6-2)11-16-13-20(17(22)8-7-14(3)4)12-15-9-10-18-21(15)16/h9-10,14,16H,5-8,11-13H2,1-4H3. The van der Waals surface area contributed by atoms with Crippen LogP contribution in [0.5, 0.6) is 0 Å². The molecule has 1 aromatic heterocycles. The third kappa shape index (κ3) is 4.09. The zero-order valence-electron chi connectivity index (χ0n) is 14.5. The Kier molecular flexibility index (Phi) is 6.00. The number of nitrogens with zero attached hydrogens (tertiary/aromatic N) is 4. The first kappa shape index (κ1) is 17.0. The molecule has 1 unspecified atom stereocenters. The van der Waals surface area contributed by atoms with Gasteiger partial charge >= 0.3 is 0 Å². The van der Waals surface area contributed by atoms with Gasteiger partial charge in [-0.3, -0.25) is 9.48 Å². The van der Waals surface area contributed by atoms with Crippen LogP contribution in [0.2, 0.25) is 0 Å². The molecular weight excluding hydrogens is 276 g/mol. The fraction of sp³-hybridized carbons (Fsp3) is 0.765. The van der Waals surface area contributed by atoms with Gasteiger partial charge in [-0.15, -0.1) is 0 Å². The Balaban J connectivity index is 2.06. The fourth-order valence-corrected chi connectivity index (χ4v) is 3.06. The van der Waals surface area contributed by atoms with Crippen molar-refractivity contribution in [3.05, 3.63) is 18.0 Å². The maximum atomic E-state index is 12.5. The summed E-state index contributed by atoms with van der Waals surface area (Å²) in [6.45, 7) is 13.2. The predicted molar refractivity (Wildman–Crippen MR) is 88.5 cm³/mol. The van der Waals surface area contributed by atoms with Crippen LogP contribution in [-0.4, -0.2) is 51.7 Å². The van der Waals surface area contributed by atoms with Gasteiger partial charge in [-0.2, -0.15) is 5.10 Å². The number of likely N-dealkylation sites (N-methyl/N-ethyl adjacent to an activating group) is 1. The van der Waals surface area contributed by atoms with Crippen molar-refractivity contribution >= 4 is 5.91 Å². The van der Waals surface area contributed by atoms with Crippen LogP contribution in [0, 0.1) is 5.92 Å². The Bertz CT molecular complexity index is 479. The molecule has 0 bridgehead atoms. The molecule has 0 saturated carbocycles. The highest BCUT2D eigenvalue weighted by atomic mass is 16.2. The highest BCUT2D eigenvalue weighted by Gasteiger charge is 2.29. The summed E-state index contributed by atoms with van der Waals surface area (Å²) in [7, 11) is 0. The molecular formula is C17H30N4O. The van der Waals surface area contributed by atoms with Crippen LogP contribution in [0.1, 0.15) is 52.3 Å². The van der Waals surface area contributed by atoms with E-state index in [1.165, 1.54) is 0 Å². The number of rotatable bonds is 7. The van der Waals surface area contributed by atoms with Crippen molar-refractivity contribution in [2.75, 3.05) is 26.2 Å². The predicted octanol–water partition coefficient (Wildman–Crippen LogP) is 2.54. The summed E-state index contributed by atoms with van der Waals surface area (Å²) in [6.07, 6.45) is 3.48. The van der Waals surface area contributed by atoms with Gasteiger partial charge in [0, 0.05) is 25.7 Å². The number of fused-ring (bicyclic) bond motifs is 1. The Morgan fingerprint density at radius 3 is 2.77 bits per heavy atom. The lowest BCUT2D eigenvalue weighted by molar-refractivity contribution is -0.133. The third-order valence-corrected chi connectivity index (χ3v) is 4.53. The van der Waals surface area contributed by atoms with Crippen molar-refractivity contribution < 1.29 is 4.79 Å². The van der Waals surface area contributed by atoms with E-state index in [-0.39, 0.29) is 11.9 Å². The second kappa shape index (κ2) is 7.77. The molecule has 5 nitrogen and oxygen atoms in total. The van der Waals surface area contributed by atoms with E-state index in [1.807, 2.05) is 17.2 Å². The van der Waals surface area contributed by atoms with E-state index < -0.39 is 0 Å². The molecule has 0 N–H and O–H groups in total. The Morgan fingerprint density at radius 2 is 2.14 bits per heavy atom. The maximum absolute atomic E-state index is 12.5. The largest absolute Gasteiger partial charge is 0.335 e. The zero-order valence-corrected chi connectivity index (χ0v) is 14.5. The molecule has 22 heavy (non-hydrogen) atoms. The number of carbonyl (C=O) groups is 1. The molecule has 1 aromatic rings. The average Bonchev–Trinajstić information content (AvgIpc) is 2.98. The third-order valence-electron chi connectivity index (χ3n) is 4.53. The van der Waals surface area contributed by atoms with E-state index in [0.717, 1.165) is 38.3 Å². The quantitative estimate of drug-likeness (QED) is 0.777. The molecule has 2 heterocycles. The lowest BCUT2D eigenvalue weighted by Gasteiger charge is -2.36. The summed E-state index contributed by atoms with van der Waals surface area (Å²) in [6, 6.07) is 2.30. The Hall–Kier alpha value is -1.36. The number of carbonyl (C=O) groups excluding carboxylic acids is 1. The molecule has 1 amide bonds. The van der Waals surface area contributed by atoms with Crippen LogP contribution in [0.15, 0.2) is 12.3 Å². The molecule has 2 rings (SSSR count). The van der Waals surface area contributed by atoms with Crippen molar-refractivity contribution in [3.63, 3.8) is 0 Å². The molecule has 124 valence electrons. The summed E-state index contributed by atoms with van der Waals surface area (Å²) in [5.74, 6) is 0.858.